The molecule has 2 aliphatic carbocycles. The van der Waals surface area contributed by atoms with Crippen LogP contribution in [0.3, 0.4) is 0 Å². The standard InChI is InChI=1S/C20H27FN2O2/c21-15-5-4-13-2-1-3-18(17(13)12-15)23-10-8-14(9-11-23)19(24)20(25)22-16-6-7-16/h4-5,12,14,16,18-19,24H,1-3,6-11H2,(H,22,25)/t18-,19-/m0/s1. The molecule has 4 rings (SSSR count). The van der Waals surface area contributed by atoms with E-state index in [1.165, 1.54) is 5.56 Å². The third kappa shape index (κ3) is 3.72. The van der Waals surface area contributed by atoms with Gasteiger partial charge in [-0.3, -0.25) is 9.69 Å². The fourth-order valence-corrected chi connectivity index (χ4v) is 4.40. The molecular formula is C20H27FN2O2. The predicted molar refractivity (Wildman–Crippen MR) is 93.5 cm³/mol. The lowest BCUT2D eigenvalue weighted by Crippen LogP contribution is -2.46. The van der Waals surface area contributed by atoms with E-state index in [1.54, 1.807) is 12.1 Å². The molecule has 1 aromatic rings. The number of likely N-dealkylation sites (tertiary alicyclic amines) is 1. The van der Waals surface area contributed by atoms with Crippen molar-refractivity contribution >= 4 is 5.91 Å². The topological polar surface area (TPSA) is 52.6 Å². The normalized spacial score (nSPS) is 26.1. The Hall–Kier alpha value is -1.46. The van der Waals surface area contributed by atoms with Crippen LogP contribution in [0.25, 0.3) is 0 Å². The lowest BCUT2D eigenvalue weighted by molar-refractivity contribution is -0.133. The van der Waals surface area contributed by atoms with Crippen LogP contribution >= 0.6 is 0 Å². The van der Waals surface area contributed by atoms with Crippen LogP contribution in [-0.2, 0) is 11.2 Å². The van der Waals surface area contributed by atoms with Crippen LogP contribution in [0.5, 0.6) is 0 Å². The van der Waals surface area contributed by atoms with Crippen LogP contribution in [0.4, 0.5) is 4.39 Å². The van der Waals surface area contributed by atoms with Crippen LogP contribution in [0.1, 0.15) is 55.7 Å². The molecule has 1 saturated heterocycles. The van der Waals surface area contributed by atoms with Crippen LogP contribution in [0.2, 0.25) is 0 Å². The van der Waals surface area contributed by atoms with Gasteiger partial charge in [-0.05, 0) is 87.2 Å². The van der Waals surface area contributed by atoms with Crippen molar-refractivity contribution in [3.8, 4) is 0 Å². The fourth-order valence-electron chi connectivity index (χ4n) is 4.40. The third-order valence-electron chi connectivity index (χ3n) is 6.04. The number of halogens is 1. The molecule has 1 saturated carbocycles. The van der Waals surface area contributed by atoms with Gasteiger partial charge in [-0.25, -0.2) is 4.39 Å². The molecular weight excluding hydrogens is 319 g/mol. The molecule has 2 N–H and O–H groups in total. The fraction of sp³-hybridized carbons (Fsp3) is 0.650. The smallest absolute Gasteiger partial charge is 0.249 e. The molecule has 5 heteroatoms. The summed E-state index contributed by atoms with van der Waals surface area (Å²) in [5.74, 6) is -0.329. The first-order valence-corrected chi connectivity index (χ1v) is 9.62. The summed E-state index contributed by atoms with van der Waals surface area (Å²) in [4.78, 5) is 14.5. The van der Waals surface area contributed by atoms with Gasteiger partial charge in [0.1, 0.15) is 11.9 Å². The lowest BCUT2D eigenvalue weighted by atomic mass is 9.84. The number of aliphatic hydroxyl groups is 1. The van der Waals surface area contributed by atoms with E-state index in [0.29, 0.717) is 0 Å². The van der Waals surface area contributed by atoms with Crippen molar-refractivity contribution in [2.45, 2.75) is 63.1 Å². The quantitative estimate of drug-likeness (QED) is 0.881. The molecule has 0 radical (unpaired) electrons. The van der Waals surface area contributed by atoms with Crippen molar-refractivity contribution in [3.05, 3.63) is 35.1 Å². The lowest BCUT2D eigenvalue weighted by Gasteiger charge is -2.41. The number of amides is 1. The van der Waals surface area contributed by atoms with Gasteiger partial charge in [0.25, 0.3) is 0 Å². The molecule has 136 valence electrons. The number of carbonyl (C=O) groups excluding carboxylic acids is 1. The highest BCUT2D eigenvalue weighted by Gasteiger charge is 2.35. The largest absolute Gasteiger partial charge is 0.383 e. The number of hydrogen-bond donors (Lipinski definition) is 2. The summed E-state index contributed by atoms with van der Waals surface area (Å²) in [6.07, 6.45) is 6.05. The van der Waals surface area contributed by atoms with Gasteiger partial charge in [-0.2, -0.15) is 0 Å². The number of aryl methyl sites for hydroxylation is 1. The molecule has 3 aliphatic rings. The van der Waals surface area contributed by atoms with Gasteiger partial charge in [0, 0.05) is 12.1 Å². The Balaban J connectivity index is 1.37. The Morgan fingerprint density at radius 2 is 1.96 bits per heavy atom. The average Bonchev–Trinajstić information content (AvgIpc) is 3.44. The van der Waals surface area contributed by atoms with Gasteiger partial charge >= 0.3 is 0 Å². The molecule has 0 bridgehead atoms. The van der Waals surface area contributed by atoms with E-state index in [2.05, 4.69) is 10.2 Å². The van der Waals surface area contributed by atoms with Crippen LogP contribution < -0.4 is 5.32 Å². The van der Waals surface area contributed by atoms with E-state index in [-0.39, 0.29) is 29.7 Å². The van der Waals surface area contributed by atoms with Crippen molar-refractivity contribution in [1.29, 1.82) is 0 Å². The molecule has 1 heterocycles. The molecule has 1 aliphatic heterocycles. The zero-order valence-electron chi connectivity index (χ0n) is 14.6. The Morgan fingerprint density at radius 1 is 1.20 bits per heavy atom. The zero-order chi connectivity index (χ0) is 17.4. The van der Waals surface area contributed by atoms with E-state index in [1.807, 2.05) is 6.07 Å². The average molecular weight is 346 g/mol. The van der Waals surface area contributed by atoms with E-state index in [9.17, 15) is 14.3 Å². The highest BCUT2D eigenvalue weighted by Crippen LogP contribution is 2.37. The first-order valence-electron chi connectivity index (χ1n) is 9.62. The van der Waals surface area contributed by atoms with Crippen LogP contribution in [-0.4, -0.2) is 41.1 Å². The number of hydrogen-bond acceptors (Lipinski definition) is 3. The summed E-state index contributed by atoms with van der Waals surface area (Å²) in [5, 5.41) is 13.2. The monoisotopic (exact) mass is 346 g/mol. The molecule has 1 aromatic carbocycles. The van der Waals surface area contributed by atoms with Crippen molar-refractivity contribution in [2.75, 3.05) is 13.1 Å². The van der Waals surface area contributed by atoms with Gasteiger partial charge in [-0.15, -0.1) is 0 Å². The van der Waals surface area contributed by atoms with E-state index in [0.717, 1.165) is 63.6 Å². The van der Waals surface area contributed by atoms with Crippen molar-refractivity contribution in [1.82, 2.24) is 10.2 Å². The molecule has 0 spiro atoms. The van der Waals surface area contributed by atoms with Crippen molar-refractivity contribution in [2.24, 2.45) is 5.92 Å². The minimum Gasteiger partial charge on any atom is -0.383 e. The van der Waals surface area contributed by atoms with Gasteiger partial charge in [-0.1, -0.05) is 6.07 Å². The number of benzene rings is 1. The van der Waals surface area contributed by atoms with Gasteiger partial charge < -0.3 is 10.4 Å². The Bertz CT molecular complexity index is 639. The second-order valence-corrected chi connectivity index (χ2v) is 7.85. The maximum atomic E-state index is 13.7. The molecule has 0 unspecified atom stereocenters. The summed E-state index contributed by atoms with van der Waals surface area (Å²) < 4.78 is 13.7. The zero-order valence-corrected chi connectivity index (χ0v) is 14.6. The summed E-state index contributed by atoms with van der Waals surface area (Å²) in [6.45, 7) is 1.72. The van der Waals surface area contributed by atoms with Gasteiger partial charge in [0.2, 0.25) is 5.91 Å². The second-order valence-electron chi connectivity index (χ2n) is 7.85. The van der Waals surface area contributed by atoms with E-state index < -0.39 is 6.10 Å². The molecule has 0 aromatic heterocycles. The highest BCUT2D eigenvalue weighted by molar-refractivity contribution is 5.81. The molecule has 1 amide bonds. The molecule has 25 heavy (non-hydrogen) atoms. The van der Waals surface area contributed by atoms with Gasteiger partial charge in [0.05, 0.1) is 0 Å². The Kier molecular flexibility index (Phi) is 4.78. The number of fused-ring (bicyclic) bond motifs is 1. The first-order chi connectivity index (χ1) is 12.1. The number of rotatable bonds is 4. The predicted octanol–water partition coefficient (Wildman–Crippen LogP) is 2.55. The molecule has 2 fully saturated rings. The third-order valence-corrected chi connectivity index (χ3v) is 6.04. The van der Waals surface area contributed by atoms with Crippen molar-refractivity contribution < 1.29 is 14.3 Å². The van der Waals surface area contributed by atoms with E-state index >= 15 is 0 Å². The van der Waals surface area contributed by atoms with Gasteiger partial charge in [0.15, 0.2) is 0 Å². The highest BCUT2D eigenvalue weighted by atomic mass is 19.1. The number of nitrogens with one attached hydrogen (secondary N) is 1. The maximum Gasteiger partial charge on any atom is 0.249 e. The number of piperidine rings is 1. The minimum atomic E-state index is -0.890. The SMILES string of the molecule is O=C(NC1CC1)[C@@H](O)C1CCN([C@H]2CCCc3ccc(F)cc32)CC1. The van der Waals surface area contributed by atoms with Crippen LogP contribution in [0, 0.1) is 11.7 Å². The summed E-state index contributed by atoms with van der Waals surface area (Å²) in [5.41, 5.74) is 2.40. The maximum absolute atomic E-state index is 13.7. The second kappa shape index (κ2) is 7.04. The summed E-state index contributed by atoms with van der Waals surface area (Å²) >= 11 is 0. The summed E-state index contributed by atoms with van der Waals surface area (Å²) in [7, 11) is 0. The Morgan fingerprint density at radius 3 is 2.68 bits per heavy atom. The Labute approximate surface area is 148 Å². The van der Waals surface area contributed by atoms with Crippen molar-refractivity contribution in [3.63, 3.8) is 0 Å². The first kappa shape index (κ1) is 17.0. The minimum absolute atomic E-state index is 0.0329. The number of aliphatic hydroxyl groups excluding tert-OH is 1. The van der Waals surface area contributed by atoms with E-state index in [4.69, 9.17) is 0 Å². The van der Waals surface area contributed by atoms with Crippen LogP contribution in [0.15, 0.2) is 18.2 Å². The molecule has 2 atom stereocenters. The summed E-state index contributed by atoms with van der Waals surface area (Å²) in [6, 6.07) is 5.75. The number of carbonyl (C=O) groups is 1. The number of nitrogens with zero attached hydrogens (tertiary/aromatic N) is 1. The molecule has 4 nitrogen and oxygen atoms in total.